The summed E-state index contributed by atoms with van der Waals surface area (Å²) in [6.45, 7) is 6.38. The van der Waals surface area contributed by atoms with Gasteiger partial charge in [-0.1, -0.05) is 179 Å². The highest BCUT2D eigenvalue weighted by Crippen LogP contribution is 2.14. The van der Waals surface area contributed by atoms with E-state index >= 15 is 0 Å². The van der Waals surface area contributed by atoms with Gasteiger partial charge in [0.2, 0.25) is 0 Å². The molecule has 0 aliphatic carbocycles. The van der Waals surface area contributed by atoms with Crippen LogP contribution in [0.5, 0.6) is 0 Å². The monoisotopic (exact) mass is 757 g/mol. The van der Waals surface area contributed by atoms with Crippen molar-refractivity contribution < 1.29 is 28.6 Å². The van der Waals surface area contributed by atoms with E-state index in [0.717, 1.165) is 116 Å². The van der Waals surface area contributed by atoms with Gasteiger partial charge in [-0.25, -0.2) is 0 Å². The summed E-state index contributed by atoms with van der Waals surface area (Å²) in [7, 11) is 0. The van der Waals surface area contributed by atoms with Gasteiger partial charge >= 0.3 is 17.9 Å². The van der Waals surface area contributed by atoms with Crippen LogP contribution in [0.1, 0.15) is 220 Å². The molecule has 1 atom stereocenters. The van der Waals surface area contributed by atoms with Crippen molar-refractivity contribution in [3.05, 3.63) is 48.6 Å². The van der Waals surface area contributed by atoms with Crippen LogP contribution in [-0.2, 0) is 28.6 Å². The summed E-state index contributed by atoms with van der Waals surface area (Å²) in [4.78, 5) is 37.7. The third kappa shape index (κ3) is 40.6. The van der Waals surface area contributed by atoms with Gasteiger partial charge in [0.15, 0.2) is 6.10 Å². The first-order chi connectivity index (χ1) is 26.5. The Hall–Kier alpha value is -2.63. The molecule has 0 aliphatic heterocycles. The van der Waals surface area contributed by atoms with E-state index in [0.29, 0.717) is 19.3 Å². The fourth-order valence-electron chi connectivity index (χ4n) is 6.22. The molecule has 0 amide bonds. The molecule has 0 aromatic heterocycles. The standard InChI is InChI=1S/C48H84O6/c1-4-7-10-13-16-19-22-25-28-31-34-37-40-46(49)52-43-45(54-48(51)42-39-36-33-30-27-24-21-18-15-12-9-6-3)44-53-47(50)41-38-35-32-29-26-23-20-17-14-11-8-5-2/h7,9-10,12,16,18-19,21,45H,4-6,8,11,13-15,17,20,22-44H2,1-3H3/b10-7-,12-9-,19-16-,21-18-. The first kappa shape index (κ1) is 51.4. The number of rotatable bonds is 40. The summed E-state index contributed by atoms with van der Waals surface area (Å²) in [5, 5.41) is 0. The second-order valence-electron chi connectivity index (χ2n) is 14.9. The molecule has 0 radical (unpaired) electrons. The minimum Gasteiger partial charge on any atom is -0.462 e. The Morgan fingerprint density at radius 1 is 0.389 bits per heavy atom. The van der Waals surface area contributed by atoms with Gasteiger partial charge in [0.05, 0.1) is 0 Å². The molecule has 1 unspecified atom stereocenters. The topological polar surface area (TPSA) is 78.9 Å². The lowest BCUT2D eigenvalue weighted by Gasteiger charge is -2.18. The van der Waals surface area contributed by atoms with Gasteiger partial charge in [-0.3, -0.25) is 14.4 Å². The average Bonchev–Trinajstić information content (AvgIpc) is 3.17. The lowest BCUT2D eigenvalue weighted by molar-refractivity contribution is -0.167. The quantitative estimate of drug-likeness (QED) is 0.0268. The van der Waals surface area contributed by atoms with Gasteiger partial charge in [-0.05, 0) is 70.6 Å². The van der Waals surface area contributed by atoms with Crippen molar-refractivity contribution in [1.29, 1.82) is 0 Å². The SMILES string of the molecule is CC/C=C\C/C=C\CCCCCCCC(=O)OCC(COC(=O)CCCCCCCCCCCCCC)OC(=O)CCCCCCC/C=C\C/C=C\CC. The van der Waals surface area contributed by atoms with E-state index in [4.69, 9.17) is 14.2 Å². The maximum absolute atomic E-state index is 12.7. The van der Waals surface area contributed by atoms with E-state index in [9.17, 15) is 14.4 Å². The minimum absolute atomic E-state index is 0.0821. The van der Waals surface area contributed by atoms with Gasteiger partial charge in [0.25, 0.3) is 0 Å². The number of allylic oxidation sites excluding steroid dienone is 8. The first-order valence-corrected chi connectivity index (χ1v) is 22.6. The highest BCUT2D eigenvalue weighted by Gasteiger charge is 2.19. The molecule has 0 saturated heterocycles. The number of hydrogen-bond acceptors (Lipinski definition) is 6. The molecule has 6 nitrogen and oxygen atoms in total. The van der Waals surface area contributed by atoms with Crippen molar-refractivity contribution in [1.82, 2.24) is 0 Å². The summed E-state index contributed by atoms with van der Waals surface area (Å²) >= 11 is 0. The Labute approximate surface area is 333 Å². The summed E-state index contributed by atoms with van der Waals surface area (Å²) in [5.41, 5.74) is 0. The number of esters is 3. The minimum atomic E-state index is -0.781. The number of ether oxygens (including phenoxy) is 3. The molecule has 0 bridgehead atoms. The summed E-state index contributed by atoms with van der Waals surface area (Å²) < 4.78 is 16.7. The molecule has 0 aromatic carbocycles. The van der Waals surface area contributed by atoms with E-state index in [1.807, 2.05) is 0 Å². The molecule has 0 N–H and O–H groups in total. The third-order valence-electron chi connectivity index (χ3n) is 9.58. The van der Waals surface area contributed by atoms with Crippen LogP contribution in [0.3, 0.4) is 0 Å². The average molecular weight is 757 g/mol. The predicted octanol–water partition coefficient (Wildman–Crippen LogP) is 14.4. The highest BCUT2D eigenvalue weighted by molar-refractivity contribution is 5.71. The van der Waals surface area contributed by atoms with Crippen LogP contribution in [-0.4, -0.2) is 37.2 Å². The summed E-state index contributed by atoms with van der Waals surface area (Å²) in [6.07, 6.45) is 49.5. The summed E-state index contributed by atoms with van der Waals surface area (Å²) in [5.74, 6) is -0.914. The molecule has 0 aromatic rings. The van der Waals surface area contributed by atoms with E-state index < -0.39 is 6.10 Å². The Balaban J connectivity index is 4.40. The van der Waals surface area contributed by atoms with E-state index in [-0.39, 0.29) is 31.1 Å². The van der Waals surface area contributed by atoms with E-state index in [1.165, 1.54) is 64.2 Å². The van der Waals surface area contributed by atoms with Crippen molar-refractivity contribution in [3.63, 3.8) is 0 Å². The van der Waals surface area contributed by atoms with Gasteiger partial charge in [0, 0.05) is 19.3 Å². The van der Waals surface area contributed by atoms with Crippen molar-refractivity contribution in [3.8, 4) is 0 Å². The molecule has 0 saturated carbocycles. The predicted molar refractivity (Wildman–Crippen MR) is 229 cm³/mol. The highest BCUT2D eigenvalue weighted by atomic mass is 16.6. The first-order valence-electron chi connectivity index (χ1n) is 22.6. The van der Waals surface area contributed by atoms with Crippen molar-refractivity contribution in [2.24, 2.45) is 0 Å². The second kappa shape index (κ2) is 43.1. The lowest BCUT2D eigenvalue weighted by Crippen LogP contribution is -2.30. The number of unbranched alkanes of at least 4 members (excludes halogenated alkanes) is 21. The molecule has 0 heterocycles. The Bertz CT molecular complexity index is 964. The van der Waals surface area contributed by atoms with Gasteiger partial charge in [0.1, 0.15) is 13.2 Å². The molecule has 0 spiro atoms. The van der Waals surface area contributed by atoms with Gasteiger partial charge < -0.3 is 14.2 Å². The Kier molecular flexibility index (Phi) is 41.0. The zero-order valence-corrected chi connectivity index (χ0v) is 35.5. The fraction of sp³-hybridized carbons (Fsp3) is 0.771. The lowest BCUT2D eigenvalue weighted by atomic mass is 10.0. The largest absolute Gasteiger partial charge is 0.462 e. The van der Waals surface area contributed by atoms with Crippen LogP contribution in [0.15, 0.2) is 48.6 Å². The molecule has 0 aliphatic rings. The molecule has 0 fully saturated rings. The molecule has 6 heteroatoms. The number of carbonyl (C=O) groups excluding carboxylic acids is 3. The van der Waals surface area contributed by atoms with Crippen LogP contribution in [0.2, 0.25) is 0 Å². The molecule has 54 heavy (non-hydrogen) atoms. The summed E-state index contributed by atoms with van der Waals surface area (Å²) in [6, 6.07) is 0. The zero-order valence-electron chi connectivity index (χ0n) is 35.5. The van der Waals surface area contributed by atoms with Crippen LogP contribution in [0, 0.1) is 0 Å². The van der Waals surface area contributed by atoms with Crippen molar-refractivity contribution >= 4 is 17.9 Å². The molecule has 312 valence electrons. The molecule has 0 rings (SSSR count). The van der Waals surface area contributed by atoms with E-state index in [2.05, 4.69) is 69.4 Å². The number of hydrogen-bond donors (Lipinski definition) is 0. The maximum Gasteiger partial charge on any atom is 0.306 e. The second-order valence-corrected chi connectivity index (χ2v) is 14.9. The van der Waals surface area contributed by atoms with Crippen molar-refractivity contribution in [2.45, 2.75) is 226 Å². The Morgan fingerprint density at radius 2 is 0.722 bits per heavy atom. The maximum atomic E-state index is 12.7. The number of carbonyl (C=O) groups is 3. The van der Waals surface area contributed by atoms with E-state index in [1.54, 1.807) is 0 Å². The van der Waals surface area contributed by atoms with Crippen molar-refractivity contribution in [2.75, 3.05) is 13.2 Å². The van der Waals surface area contributed by atoms with Crippen LogP contribution >= 0.6 is 0 Å². The van der Waals surface area contributed by atoms with Crippen LogP contribution < -0.4 is 0 Å². The molecular formula is C48H84O6. The smallest absolute Gasteiger partial charge is 0.306 e. The zero-order chi connectivity index (χ0) is 39.4. The van der Waals surface area contributed by atoms with Gasteiger partial charge in [-0.2, -0.15) is 0 Å². The normalized spacial score (nSPS) is 12.4. The third-order valence-corrected chi connectivity index (χ3v) is 9.58. The van der Waals surface area contributed by atoms with Crippen LogP contribution in [0.4, 0.5) is 0 Å². The molecular weight excluding hydrogens is 673 g/mol. The fourth-order valence-corrected chi connectivity index (χ4v) is 6.22. The van der Waals surface area contributed by atoms with Gasteiger partial charge in [-0.15, -0.1) is 0 Å². The van der Waals surface area contributed by atoms with Crippen LogP contribution in [0.25, 0.3) is 0 Å². The Morgan fingerprint density at radius 3 is 1.11 bits per heavy atom.